The van der Waals surface area contributed by atoms with Gasteiger partial charge in [-0.1, -0.05) is 23.9 Å². The van der Waals surface area contributed by atoms with Crippen LogP contribution in [0.15, 0.2) is 29.4 Å². The van der Waals surface area contributed by atoms with Crippen LogP contribution in [0.5, 0.6) is 0 Å². The zero-order valence-corrected chi connectivity index (χ0v) is 12.7. The fourth-order valence-corrected chi connectivity index (χ4v) is 3.59. The third kappa shape index (κ3) is 3.07. The molecular weight excluding hydrogens is 282 g/mol. The number of thioether (sulfide) groups is 1. The van der Waals surface area contributed by atoms with Gasteiger partial charge in [-0.3, -0.25) is 4.79 Å². The maximum atomic E-state index is 12.1. The largest absolute Gasteiger partial charge is 0.352 e. The van der Waals surface area contributed by atoms with Gasteiger partial charge in [-0.05, 0) is 49.7 Å². The molecule has 2 N–H and O–H groups in total. The summed E-state index contributed by atoms with van der Waals surface area (Å²) in [6.45, 7) is 0. The molecule has 4 nitrogen and oxygen atoms in total. The number of imidazole rings is 1. The van der Waals surface area contributed by atoms with Crippen LogP contribution in [-0.2, 0) is 4.79 Å². The minimum atomic E-state index is 0.143. The van der Waals surface area contributed by atoms with Gasteiger partial charge in [-0.15, -0.1) is 0 Å². The van der Waals surface area contributed by atoms with Crippen molar-refractivity contribution in [1.82, 2.24) is 15.3 Å². The van der Waals surface area contributed by atoms with Gasteiger partial charge in [0.15, 0.2) is 5.16 Å². The van der Waals surface area contributed by atoms with Crippen molar-refractivity contribution in [2.45, 2.75) is 36.9 Å². The van der Waals surface area contributed by atoms with E-state index in [9.17, 15) is 4.79 Å². The van der Waals surface area contributed by atoms with Crippen molar-refractivity contribution in [3.8, 4) is 0 Å². The molecule has 0 radical (unpaired) electrons. The highest BCUT2D eigenvalue weighted by molar-refractivity contribution is 7.99. The molecule has 0 bridgehead atoms. The number of para-hydroxylation sites is 2. The lowest BCUT2D eigenvalue weighted by atomic mass is 10.1. The number of hydrogen-bond donors (Lipinski definition) is 2. The summed E-state index contributed by atoms with van der Waals surface area (Å²) in [4.78, 5) is 19.9. The van der Waals surface area contributed by atoms with E-state index in [4.69, 9.17) is 0 Å². The number of hydrogen-bond acceptors (Lipinski definition) is 3. The van der Waals surface area contributed by atoms with Gasteiger partial charge in [0.2, 0.25) is 5.91 Å². The fourth-order valence-electron chi connectivity index (χ4n) is 2.89. The van der Waals surface area contributed by atoms with Crippen LogP contribution in [0, 0.1) is 11.8 Å². The number of amides is 1. The van der Waals surface area contributed by atoms with Gasteiger partial charge >= 0.3 is 0 Å². The van der Waals surface area contributed by atoms with E-state index in [2.05, 4.69) is 15.3 Å². The van der Waals surface area contributed by atoms with Crippen LogP contribution in [0.4, 0.5) is 0 Å². The average Bonchev–Trinajstić information content (AvgIpc) is 3.39. The van der Waals surface area contributed by atoms with Crippen LogP contribution < -0.4 is 5.32 Å². The van der Waals surface area contributed by atoms with Gasteiger partial charge in [0.1, 0.15) is 0 Å². The first-order valence-electron chi connectivity index (χ1n) is 7.66. The van der Waals surface area contributed by atoms with E-state index in [0.717, 1.165) is 28.0 Å². The second kappa shape index (κ2) is 5.37. The Bertz CT molecular complexity index is 615. The van der Waals surface area contributed by atoms with Crippen molar-refractivity contribution < 1.29 is 4.79 Å². The summed E-state index contributed by atoms with van der Waals surface area (Å²) < 4.78 is 0. The first-order valence-corrected chi connectivity index (χ1v) is 8.65. The molecule has 0 saturated heterocycles. The Morgan fingerprint density at radius 3 is 2.67 bits per heavy atom. The van der Waals surface area contributed by atoms with E-state index < -0.39 is 0 Å². The molecule has 0 unspecified atom stereocenters. The highest BCUT2D eigenvalue weighted by atomic mass is 32.2. The molecule has 0 atom stereocenters. The maximum absolute atomic E-state index is 12.1. The van der Waals surface area contributed by atoms with E-state index in [1.165, 1.54) is 37.4 Å². The lowest BCUT2D eigenvalue weighted by molar-refractivity contribution is -0.119. The van der Waals surface area contributed by atoms with Crippen molar-refractivity contribution >= 4 is 28.7 Å². The van der Waals surface area contributed by atoms with Crippen LogP contribution in [0.3, 0.4) is 0 Å². The van der Waals surface area contributed by atoms with Gasteiger partial charge in [-0.2, -0.15) is 0 Å². The first kappa shape index (κ1) is 13.2. The maximum Gasteiger partial charge on any atom is 0.230 e. The highest BCUT2D eigenvalue weighted by Gasteiger charge is 2.42. The summed E-state index contributed by atoms with van der Waals surface area (Å²) in [6.07, 6.45) is 5.16. The van der Waals surface area contributed by atoms with Crippen LogP contribution in [0.25, 0.3) is 11.0 Å². The number of fused-ring (bicyclic) bond motifs is 1. The van der Waals surface area contributed by atoms with Crippen LogP contribution in [-0.4, -0.2) is 27.7 Å². The topological polar surface area (TPSA) is 57.8 Å². The molecule has 5 heteroatoms. The van der Waals surface area contributed by atoms with Crippen molar-refractivity contribution in [3.05, 3.63) is 24.3 Å². The molecule has 1 aromatic heterocycles. The normalized spacial score (nSPS) is 18.3. The van der Waals surface area contributed by atoms with Crippen molar-refractivity contribution in [2.75, 3.05) is 5.75 Å². The lowest BCUT2D eigenvalue weighted by Crippen LogP contribution is -2.39. The third-order valence-electron chi connectivity index (χ3n) is 4.30. The van der Waals surface area contributed by atoms with Gasteiger partial charge in [-0.25, -0.2) is 4.98 Å². The molecule has 1 aromatic carbocycles. The molecule has 21 heavy (non-hydrogen) atoms. The number of carbonyl (C=O) groups excluding carboxylic acids is 1. The number of aromatic nitrogens is 2. The second-order valence-corrected chi connectivity index (χ2v) is 7.08. The molecule has 110 valence electrons. The van der Waals surface area contributed by atoms with Crippen LogP contribution in [0.1, 0.15) is 25.7 Å². The number of benzene rings is 1. The summed E-state index contributed by atoms with van der Waals surface area (Å²) >= 11 is 1.48. The summed E-state index contributed by atoms with van der Waals surface area (Å²) in [5.41, 5.74) is 1.98. The standard InChI is InChI=1S/C16H19N3OS/c20-14(19-15(10-5-6-10)11-7-8-11)9-21-16-17-12-3-1-2-4-13(12)18-16/h1-4,10-11,15H,5-9H2,(H,17,18)(H,19,20). The Morgan fingerprint density at radius 1 is 1.29 bits per heavy atom. The average molecular weight is 301 g/mol. The molecule has 0 aliphatic heterocycles. The van der Waals surface area contributed by atoms with E-state index in [1.807, 2.05) is 24.3 Å². The monoisotopic (exact) mass is 301 g/mol. The molecule has 2 aliphatic rings. The van der Waals surface area contributed by atoms with E-state index in [-0.39, 0.29) is 5.91 Å². The molecule has 2 saturated carbocycles. The molecule has 0 spiro atoms. The summed E-state index contributed by atoms with van der Waals surface area (Å²) in [7, 11) is 0. The van der Waals surface area contributed by atoms with Gasteiger partial charge < -0.3 is 10.3 Å². The molecule has 2 aromatic rings. The highest BCUT2D eigenvalue weighted by Crippen LogP contribution is 2.44. The number of nitrogens with one attached hydrogen (secondary N) is 2. The minimum Gasteiger partial charge on any atom is -0.352 e. The number of rotatable bonds is 6. The van der Waals surface area contributed by atoms with Crippen LogP contribution >= 0.6 is 11.8 Å². The van der Waals surface area contributed by atoms with Gasteiger partial charge in [0.25, 0.3) is 0 Å². The molecule has 1 heterocycles. The SMILES string of the molecule is O=C(CSc1nc2ccccc2[nH]1)NC(C1CC1)C1CC1. The van der Waals surface area contributed by atoms with Gasteiger partial charge in [0.05, 0.1) is 16.8 Å². The van der Waals surface area contributed by atoms with Crippen molar-refractivity contribution in [1.29, 1.82) is 0 Å². The lowest BCUT2D eigenvalue weighted by Gasteiger charge is -2.17. The molecule has 1 amide bonds. The molecule has 4 rings (SSSR count). The van der Waals surface area contributed by atoms with Crippen LogP contribution in [0.2, 0.25) is 0 Å². The third-order valence-corrected chi connectivity index (χ3v) is 5.17. The predicted molar refractivity (Wildman–Crippen MR) is 84.2 cm³/mol. The number of H-pyrrole nitrogens is 1. The first-order chi connectivity index (χ1) is 10.3. The summed E-state index contributed by atoms with van der Waals surface area (Å²) in [5.74, 6) is 2.08. The Kier molecular flexibility index (Phi) is 3.37. The fraction of sp³-hybridized carbons (Fsp3) is 0.500. The predicted octanol–water partition coefficient (Wildman–Crippen LogP) is 2.96. The van der Waals surface area contributed by atoms with Crippen molar-refractivity contribution in [2.24, 2.45) is 11.8 Å². The Morgan fingerprint density at radius 2 is 2.00 bits per heavy atom. The summed E-state index contributed by atoms with van der Waals surface area (Å²) in [5, 5.41) is 4.06. The van der Waals surface area contributed by atoms with Gasteiger partial charge in [0, 0.05) is 6.04 Å². The molecule has 2 aliphatic carbocycles. The quantitative estimate of drug-likeness (QED) is 0.807. The smallest absolute Gasteiger partial charge is 0.230 e. The minimum absolute atomic E-state index is 0.143. The summed E-state index contributed by atoms with van der Waals surface area (Å²) in [6, 6.07) is 8.38. The molecular formula is C16H19N3OS. The van der Waals surface area contributed by atoms with E-state index >= 15 is 0 Å². The Balaban J connectivity index is 1.34. The van der Waals surface area contributed by atoms with Crippen molar-refractivity contribution in [3.63, 3.8) is 0 Å². The molecule has 2 fully saturated rings. The number of aromatic amines is 1. The zero-order chi connectivity index (χ0) is 14.2. The number of carbonyl (C=O) groups is 1. The number of nitrogens with zero attached hydrogens (tertiary/aromatic N) is 1. The van der Waals surface area contributed by atoms with E-state index in [0.29, 0.717) is 11.8 Å². The second-order valence-electron chi connectivity index (χ2n) is 6.12. The Labute approximate surface area is 128 Å². The zero-order valence-electron chi connectivity index (χ0n) is 11.8. The Hall–Kier alpha value is -1.49. The van der Waals surface area contributed by atoms with E-state index in [1.54, 1.807) is 0 Å².